The maximum Gasteiger partial charge on any atom is 0.425 e. The van der Waals surface area contributed by atoms with Crippen molar-refractivity contribution < 1.29 is 31.1 Å². The highest BCUT2D eigenvalue weighted by Crippen LogP contribution is 2.39. The highest BCUT2D eigenvalue weighted by molar-refractivity contribution is 7.92. The summed E-state index contributed by atoms with van der Waals surface area (Å²) in [5, 5.41) is 10.7. The molecule has 0 saturated heterocycles. The Morgan fingerprint density at radius 2 is 2.03 bits per heavy atom. The maximum atomic E-state index is 13.0. The first kappa shape index (κ1) is 22.7. The van der Waals surface area contributed by atoms with Crippen molar-refractivity contribution >= 4 is 27.3 Å². The Balaban J connectivity index is 1.70. The number of nitrogens with zero attached hydrogens (tertiary/aromatic N) is 1. The lowest BCUT2D eigenvalue weighted by molar-refractivity contribution is -0.189. The summed E-state index contributed by atoms with van der Waals surface area (Å²) in [4.78, 5) is 12.2. The van der Waals surface area contributed by atoms with Gasteiger partial charge in [0, 0.05) is 12.0 Å². The molecule has 1 unspecified atom stereocenters. The van der Waals surface area contributed by atoms with Crippen molar-refractivity contribution in [3.05, 3.63) is 23.2 Å². The minimum absolute atomic E-state index is 0.0926. The van der Waals surface area contributed by atoms with Gasteiger partial charge in [0.05, 0.1) is 21.2 Å². The number of nitrogens with one attached hydrogen (secondary N) is 1. The molecule has 0 spiro atoms. The number of carbonyl (C=O) groups is 1. The quantitative estimate of drug-likeness (QED) is 0.691. The van der Waals surface area contributed by atoms with Crippen molar-refractivity contribution in [2.24, 2.45) is 5.92 Å². The van der Waals surface area contributed by atoms with E-state index in [1.54, 1.807) is 0 Å². The molecule has 0 heterocycles. The summed E-state index contributed by atoms with van der Waals surface area (Å²) in [6, 6.07) is 5.35. The van der Waals surface area contributed by atoms with E-state index in [1.807, 2.05) is 0 Å². The summed E-state index contributed by atoms with van der Waals surface area (Å²) in [6.45, 7) is 0.834. The number of carbonyl (C=O) groups excluding carboxylic acids is 1. The highest BCUT2D eigenvalue weighted by atomic mass is 35.5. The molecule has 30 heavy (non-hydrogen) atoms. The second kappa shape index (κ2) is 7.93. The third kappa shape index (κ3) is 4.67. The summed E-state index contributed by atoms with van der Waals surface area (Å²) in [6.07, 6.45) is -4.77. The summed E-state index contributed by atoms with van der Waals surface area (Å²) in [5.74, 6) is -1.05. The van der Waals surface area contributed by atoms with Crippen LogP contribution in [0.5, 0.6) is 5.75 Å². The van der Waals surface area contributed by atoms with Crippen LogP contribution < -0.4 is 10.1 Å². The number of hydrogen-bond donors (Lipinski definition) is 1. The molecule has 11 heteroatoms. The fourth-order valence-corrected chi connectivity index (χ4v) is 5.80. The zero-order valence-electron chi connectivity index (χ0n) is 16.0. The van der Waals surface area contributed by atoms with Crippen LogP contribution in [0.2, 0.25) is 5.02 Å². The van der Waals surface area contributed by atoms with Crippen molar-refractivity contribution in [3.63, 3.8) is 0 Å². The monoisotopic (exact) mass is 464 g/mol. The third-order valence-corrected chi connectivity index (χ3v) is 8.20. The predicted molar refractivity (Wildman–Crippen MR) is 102 cm³/mol. The molecule has 3 atom stereocenters. The summed E-state index contributed by atoms with van der Waals surface area (Å²) >= 11 is 6.05. The molecule has 0 radical (unpaired) electrons. The van der Waals surface area contributed by atoms with E-state index in [0.717, 1.165) is 25.1 Å². The Hall–Kier alpha value is -1.99. The Morgan fingerprint density at radius 1 is 1.37 bits per heavy atom. The van der Waals surface area contributed by atoms with Crippen molar-refractivity contribution in [1.29, 1.82) is 5.26 Å². The van der Waals surface area contributed by atoms with Crippen LogP contribution in [0.4, 0.5) is 13.2 Å². The second-order valence-corrected chi connectivity index (χ2v) is 10.4. The van der Waals surface area contributed by atoms with Gasteiger partial charge in [-0.25, -0.2) is 8.42 Å². The zero-order valence-corrected chi connectivity index (χ0v) is 17.6. The standard InChI is InChI=1S/C19H20ClF3N2O4S/c1-11(19(21,22)23)29-13-3-5-16(15(20)9-13)30(27,28)14-4-2-12(8-14)17(26)25-18(10-24)6-7-18/h3,5,9,11-12,14H,2,4,6-8H2,1H3,(H,25,26)/t11?,12-,14-/m0/s1. The normalized spacial score (nSPS) is 24.0. The molecule has 164 valence electrons. The summed E-state index contributed by atoms with van der Waals surface area (Å²) < 4.78 is 68.6. The van der Waals surface area contributed by atoms with Crippen LogP contribution in [0.3, 0.4) is 0 Å². The Kier molecular flexibility index (Phi) is 6.00. The van der Waals surface area contributed by atoms with Gasteiger partial charge in [-0.15, -0.1) is 0 Å². The number of alkyl halides is 3. The van der Waals surface area contributed by atoms with Crippen molar-refractivity contribution in [2.75, 3.05) is 0 Å². The molecule has 0 bridgehead atoms. The van der Waals surface area contributed by atoms with Gasteiger partial charge >= 0.3 is 6.18 Å². The molecule has 0 aromatic heterocycles. The molecule has 2 fully saturated rings. The molecule has 1 aromatic rings. The van der Waals surface area contributed by atoms with Gasteiger partial charge in [0.15, 0.2) is 15.9 Å². The van der Waals surface area contributed by atoms with E-state index in [2.05, 4.69) is 11.4 Å². The lowest BCUT2D eigenvalue weighted by Crippen LogP contribution is -2.39. The number of halogens is 4. The number of benzene rings is 1. The lowest BCUT2D eigenvalue weighted by Gasteiger charge is -2.19. The molecule has 2 aliphatic rings. The molecular formula is C19H20ClF3N2O4S. The average molecular weight is 465 g/mol. The Morgan fingerprint density at radius 3 is 2.57 bits per heavy atom. The topological polar surface area (TPSA) is 96.3 Å². The van der Waals surface area contributed by atoms with E-state index >= 15 is 0 Å². The van der Waals surface area contributed by atoms with Gasteiger partial charge < -0.3 is 10.1 Å². The lowest BCUT2D eigenvalue weighted by atomic mass is 10.1. The van der Waals surface area contributed by atoms with Gasteiger partial charge in [0.25, 0.3) is 0 Å². The predicted octanol–water partition coefficient (Wildman–Crippen LogP) is 3.78. The number of rotatable bonds is 6. The van der Waals surface area contributed by atoms with Gasteiger partial charge in [-0.3, -0.25) is 4.79 Å². The first-order valence-corrected chi connectivity index (χ1v) is 11.3. The molecule has 1 amide bonds. The van der Waals surface area contributed by atoms with E-state index in [1.165, 1.54) is 0 Å². The van der Waals surface area contributed by atoms with Crippen LogP contribution in [0, 0.1) is 17.2 Å². The molecular weight excluding hydrogens is 445 g/mol. The second-order valence-electron chi connectivity index (χ2n) is 7.75. The van der Waals surface area contributed by atoms with E-state index in [-0.39, 0.29) is 34.4 Å². The van der Waals surface area contributed by atoms with E-state index in [4.69, 9.17) is 21.6 Å². The van der Waals surface area contributed by atoms with Crippen LogP contribution in [-0.2, 0) is 14.6 Å². The summed E-state index contributed by atoms with van der Waals surface area (Å²) in [7, 11) is -3.90. The van der Waals surface area contributed by atoms with Crippen LogP contribution in [0.1, 0.15) is 39.0 Å². The number of hydrogen-bond acceptors (Lipinski definition) is 5. The number of ether oxygens (including phenoxy) is 1. The molecule has 1 N–H and O–H groups in total. The van der Waals surface area contributed by atoms with Crippen LogP contribution in [-0.4, -0.2) is 37.4 Å². The van der Waals surface area contributed by atoms with Crippen molar-refractivity contribution in [1.82, 2.24) is 5.32 Å². The maximum absolute atomic E-state index is 13.0. The van der Waals surface area contributed by atoms with E-state index in [9.17, 15) is 26.4 Å². The van der Waals surface area contributed by atoms with Crippen LogP contribution in [0.15, 0.2) is 23.1 Å². The smallest absolute Gasteiger partial charge is 0.425 e. The van der Waals surface area contributed by atoms with Gasteiger partial charge in [-0.2, -0.15) is 18.4 Å². The molecule has 3 rings (SSSR count). The number of amides is 1. The first-order chi connectivity index (χ1) is 13.9. The van der Waals surface area contributed by atoms with Gasteiger partial charge in [-0.1, -0.05) is 11.6 Å². The van der Waals surface area contributed by atoms with Gasteiger partial charge in [-0.05, 0) is 51.2 Å². The van der Waals surface area contributed by atoms with Gasteiger partial charge in [0.2, 0.25) is 5.91 Å². The molecule has 6 nitrogen and oxygen atoms in total. The first-order valence-electron chi connectivity index (χ1n) is 9.38. The third-order valence-electron chi connectivity index (χ3n) is 5.50. The van der Waals surface area contributed by atoms with Crippen molar-refractivity contribution in [2.45, 2.75) is 67.0 Å². The fraction of sp³-hybridized carbons (Fsp3) is 0.579. The zero-order chi connectivity index (χ0) is 22.3. The van der Waals surface area contributed by atoms with E-state index in [0.29, 0.717) is 19.3 Å². The van der Waals surface area contributed by atoms with Crippen molar-refractivity contribution in [3.8, 4) is 11.8 Å². The van der Waals surface area contributed by atoms with Gasteiger partial charge in [0.1, 0.15) is 11.3 Å². The molecule has 2 saturated carbocycles. The Labute approximate surface area is 177 Å². The minimum Gasteiger partial charge on any atom is -0.481 e. The molecule has 1 aromatic carbocycles. The summed E-state index contributed by atoms with van der Waals surface area (Å²) in [5.41, 5.74) is -0.819. The number of nitriles is 1. The highest BCUT2D eigenvalue weighted by Gasteiger charge is 2.47. The largest absolute Gasteiger partial charge is 0.481 e. The van der Waals surface area contributed by atoms with E-state index < -0.39 is 38.8 Å². The number of sulfone groups is 1. The molecule has 2 aliphatic carbocycles. The van der Waals surface area contributed by atoms with Crippen LogP contribution in [0.25, 0.3) is 0 Å². The minimum atomic E-state index is -4.57. The average Bonchev–Trinajstić information content (AvgIpc) is 3.23. The molecule has 0 aliphatic heterocycles. The van der Waals surface area contributed by atoms with Crippen LogP contribution >= 0.6 is 11.6 Å². The fourth-order valence-electron chi connectivity index (χ4n) is 3.42. The SMILES string of the molecule is CC(Oc1ccc(S(=O)(=O)[C@H]2CC[C@H](C(=O)NC3(C#N)CC3)C2)c(Cl)c1)C(F)(F)F. The Bertz CT molecular complexity index is 986.